The standard InChI is InChI=1S/C24H22ClN5O2/c1-32-22-8-7-16(25)12-20(22)29-24(31)28-19-5-2-6-21-18(19)9-11-30(21)14-15-13-27-23-17(15)4-3-10-26-23/h2-8,10,12-13H,9,11,14H2,1H3,(H,26,27)(H2,28,29,31)/i1D3,14D. The van der Waals surface area contributed by atoms with Crippen LogP contribution in [0.3, 0.4) is 0 Å². The molecule has 2 amide bonds. The molecule has 2 aromatic carbocycles. The van der Waals surface area contributed by atoms with E-state index in [9.17, 15) is 4.79 Å². The number of anilines is 3. The van der Waals surface area contributed by atoms with Crippen molar-refractivity contribution in [3.05, 3.63) is 77.1 Å². The number of aromatic nitrogens is 2. The fourth-order valence-corrected chi connectivity index (χ4v) is 4.10. The lowest BCUT2D eigenvalue weighted by molar-refractivity contribution is 0.262. The maximum absolute atomic E-state index is 12.8. The smallest absolute Gasteiger partial charge is 0.323 e. The van der Waals surface area contributed by atoms with Crippen LogP contribution >= 0.6 is 11.6 Å². The first-order valence-electron chi connectivity index (χ1n) is 12.1. The second kappa shape index (κ2) is 8.43. The lowest BCUT2D eigenvalue weighted by atomic mass is 10.1. The van der Waals surface area contributed by atoms with Gasteiger partial charge >= 0.3 is 6.03 Å². The number of hydrogen-bond acceptors (Lipinski definition) is 4. The molecular formula is C24H22ClN5O2. The van der Waals surface area contributed by atoms with Crippen LogP contribution < -0.4 is 20.3 Å². The molecule has 162 valence electrons. The minimum atomic E-state index is -2.68. The molecule has 0 bridgehead atoms. The third kappa shape index (κ3) is 3.83. The monoisotopic (exact) mass is 451 g/mol. The summed E-state index contributed by atoms with van der Waals surface area (Å²) in [6.45, 7) is -0.0407. The van der Waals surface area contributed by atoms with Gasteiger partial charge in [0.05, 0.1) is 18.2 Å². The second-order valence-corrected chi connectivity index (χ2v) is 7.78. The van der Waals surface area contributed by atoms with Crippen molar-refractivity contribution in [1.29, 1.82) is 0 Å². The van der Waals surface area contributed by atoms with Gasteiger partial charge in [-0.3, -0.25) is 0 Å². The van der Waals surface area contributed by atoms with Crippen LogP contribution in [0.15, 0.2) is 60.9 Å². The van der Waals surface area contributed by atoms with Gasteiger partial charge < -0.3 is 25.3 Å². The minimum absolute atomic E-state index is 0.0238. The van der Waals surface area contributed by atoms with Crippen LogP contribution in [0.2, 0.25) is 5.02 Å². The van der Waals surface area contributed by atoms with Crippen LogP contribution in [0.5, 0.6) is 5.75 Å². The van der Waals surface area contributed by atoms with Crippen molar-refractivity contribution in [2.24, 2.45) is 0 Å². The number of ether oxygens (including phenoxy) is 1. The van der Waals surface area contributed by atoms with Gasteiger partial charge in [0.2, 0.25) is 0 Å². The second-order valence-electron chi connectivity index (χ2n) is 7.34. The Kier molecular flexibility index (Phi) is 4.22. The molecule has 0 fully saturated rings. The van der Waals surface area contributed by atoms with Crippen LogP contribution in [-0.2, 0) is 12.9 Å². The number of pyridine rings is 1. The van der Waals surface area contributed by atoms with Crippen molar-refractivity contribution in [2.75, 3.05) is 29.1 Å². The van der Waals surface area contributed by atoms with Gasteiger partial charge in [-0.15, -0.1) is 0 Å². The van der Waals surface area contributed by atoms with Crippen LogP contribution in [0.1, 0.15) is 16.6 Å². The molecule has 32 heavy (non-hydrogen) atoms. The Morgan fingerprint density at radius 3 is 3.09 bits per heavy atom. The molecule has 1 unspecified atom stereocenters. The van der Waals surface area contributed by atoms with E-state index in [0.29, 0.717) is 23.7 Å². The number of nitrogens with zero attached hydrogens (tertiary/aromatic N) is 2. The molecule has 2 aromatic heterocycles. The van der Waals surface area contributed by atoms with Gasteiger partial charge in [-0.1, -0.05) is 17.7 Å². The summed E-state index contributed by atoms with van der Waals surface area (Å²) < 4.78 is 35.9. The number of benzene rings is 2. The summed E-state index contributed by atoms with van der Waals surface area (Å²) in [6.07, 6.45) is 4.16. The fourth-order valence-electron chi connectivity index (χ4n) is 3.93. The maximum Gasteiger partial charge on any atom is 0.323 e. The van der Waals surface area contributed by atoms with Gasteiger partial charge in [0, 0.05) is 52.8 Å². The first kappa shape index (κ1) is 16.0. The van der Waals surface area contributed by atoms with E-state index in [2.05, 4.69) is 20.6 Å². The van der Waals surface area contributed by atoms with Crippen molar-refractivity contribution in [1.82, 2.24) is 9.97 Å². The van der Waals surface area contributed by atoms with Crippen molar-refractivity contribution >= 4 is 45.7 Å². The molecule has 0 aliphatic carbocycles. The van der Waals surface area contributed by atoms with E-state index in [4.69, 9.17) is 21.8 Å². The molecule has 4 aromatic rings. The Balaban J connectivity index is 1.36. The lowest BCUT2D eigenvalue weighted by Crippen LogP contribution is -2.20. The van der Waals surface area contributed by atoms with Gasteiger partial charge in [-0.05, 0) is 54.4 Å². The van der Waals surface area contributed by atoms with Gasteiger partial charge in [0.25, 0.3) is 0 Å². The summed E-state index contributed by atoms with van der Waals surface area (Å²) in [6, 6.07) is 13.0. The Morgan fingerprint density at radius 1 is 1.28 bits per heavy atom. The quantitative estimate of drug-likeness (QED) is 0.377. The highest BCUT2D eigenvalue weighted by Gasteiger charge is 2.23. The third-order valence-corrected chi connectivity index (χ3v) is 5.62. The number of hydrogen-bond donors (Lipinski definition) is 3. The number of urea groups is 1. The number of fused-ring (bicyclic) bond motifs is 2. The highest BCUT2D eigenvalue weighted by Crippen LogP contribution is 2.35. The predicted molar refractivity (Wildman–Crippen MR) is 128 cm³/mol. The zero-order valence-corrected chi connectivity index (χ0v) is 17.6. The topological polar surface area (TPSA) is 82.3 Å². The Labute approximate surface area is 196 Å². The number of carbonyl (C=O) groups is 1. The van der Waals surface area contributed by atoms with Crippen LogP contribution in [-0.4, -0.2) is 29.6 Å². The molecule has 3 N–H and O–H groups in total. The molecule has 7 nitrogen and oxygen atoms in total. The van der Waals surface area contributed by atoms with Crippen LogP contribution in [0.25, 0.3) is 11.0 Å². The number of carbonyl (C=O) groups excluding carboxylic acids is 1. The molecule has 1 aliphatic rings. The highest BCUT2D eigenvalue weighted by molar-refractivity contribution is 6.31. The Hall–Kier alpha value is -3.71. The van der Waals surface area contributed by atoms with Crippen molar-refractivity contribution in [2.45, 2.75) is 12.9 Å². The number of H-pyrrole nitrogens is 1. The van der Waals surface area contributed by atoms with E-state index in [1.54, 1.807) is 12.3 Å². The van der Waals surface area contributed by atoms with E-state index >= 15 is 0 Å². The average Bonchev–Trinajstić information content (AvgIpc) is 3.45. The van der Waals surface area contributed by atoms with E-state index < -0.39 is 19.6 Å². The van der Waals surface area contributed by atoms with E-state index in [1.807, 2.05) is 35.4 Å². The largest absolute Gasteiger partial charge is 0.495 e. The third-order valence-electron chi connectivity index (χ3n) is 5.39. The number of methoxy groups -OCH3 is 1. The summed E-state index contributed by atoms with van der Waals surface area (Å²) in [5, 5.41) is 6.66. The van der Waals surface area contributed by atoms with Crippen molar-refractivity contribution in [3.63, 3.8) is 0 Å². The highest BCUT2D eigenvalue weighted by atomic mass is 35.5. The predicted octanol–water partition coefficient (Wildman–Crippen LogP) is 5.43. The molecule has 8 heteroatoms. The zero-order chi connectivity index (χ0) is 25.4. The van der Waals surface area contributed by atoms with Gasteiger partial charge in [-0.2, -0.15) is 0 Å². The summed E-state index contributed by atoms with van der Waals surface area (Å²) in [7, 11) is -2.68. The molecule has 5 rings (SSSR count). The first-order valence-corrected chi connectivity index (χ1v) is 10.4. The molecule has 0 saturated carbocycles. The number of rotatable bonds is 5. The molecule has 1 aliphatic heterocycles. The van der Waals surface area contributed by atoms with Gasteiger partial charge in [-0.25, -0.2) is 9.78 Å². The number of halogens is 1. The van der Waals surface area contributed by atoms with Crippen molar-refractivity contribution in [3.8, 4) is 5.75 Å². The van der Waals surface area contributed by atoms with Crippen LogP contribution in [0, 0.1) is 0 Å². The number of aromatic amines is 1. The molecule has 0 spiro atoms. The Bertz CT molecular complexity index is 1440. The van der Waals surface area contributed by atoms with E-state index in [0.717, 1.165) is 27.8 Å². The summed E-state index contributed by atoms with van der Waals surface area (Å²) in [5.41, 5.74) is 4.06. The summed E-state index contributed by atoms with van der Waals surface area (Å²) in [5.74, 6) is -0.0238. The average molecular weight is 452 g/mol. The number of nitrogens with one attached hydrogen (secondary N) is 3. The molecular weight excluding hydrogens is 426 g/mol. The van der Waals surface area contributed by atoms with Crippen LogP contribution in [0.4, 0.5) is 21.9 Å². The molecule has 1 atom stereocenters. The van der Waals surface area contributed by atoms with Gasteiger partial charge in [0.15, 0.2) is 0 Å². The first-order chi connectivity index (χ1) is 17.2. The number of amides is 2. The maximum atomic E-state index is 12.8. The van der Waals surface area contributed by atoms with Gasteiger partial charge in [0.1, 0.15) is 11.4 Å². The van der Waals surface area contributed by atoms with Crippen molar-refractivity contribution < 1.29 is 15.0 Å². The SMILES string of the molecule is [2H]C(c1c[nH]c2ncccc12)N1CCc2c(NC(=O)Nc3cc(Cl)ccc3OC([2H])([2H])[2H])cccc21. The lowest BCUT2D eigenvalue weighted by Gasteiger charge is -2.20. The fraction of sp³-hybridized carbons (Fsp3) is 0.167. The van der Waals surface area contributed by atoms with E-state index in [1.165, 1.54) is 18.2 Å². The zero-order valence-electron chi connectivity index (χ0n) is 20.9. The summed E-state index contributed by atoms with van der Waals surface area (Å²) >= 11 is 6.04. The molecule has 0 saturated heterocycles. The summed E-state index contributed by atoms with van der Waals surface area (Å²) in [4.78, 5) is 22.2. The Morgan fingerprint density at radius 2 is 2.19 bits per heavy atom. The molecule has 0 radical (unpaired) electrons. The minimum Gasteiger partial charge on any atom is -0.495 e. The normalized spacial score (nSPS) is 15.8. The van der Waals surface area contributed by atoms with E-state index in [-0.39, 0.29) is 11.4 Å². The molecule has 3 heterocycles.